The SMILES string of the molecule is C=C(Br)c1ccccc1-c1ccccc1. The minimum atomic E-state index is 0.918. The van der Waals surface area contributed by atoms with Crippen LogP contribution in [0.5, 0.6) is 0 Å². The highest BCUT2D eigenvalue weighted by atomic mass is 79.9. The van der Waals surface area contributed by atoms with Crippen molar-refractivity contribution >= 4 is 20.4 Å². The quantitative estimate of drug-likeness (QED) is 0.732. The van der Waals surface area contributed by atoms with E-state index in [1.54, 1.807) is 0 Å². The van der Waals surface area contributed by atoms with Crippen molar-refractivity contribution in [2.45, 2.75) is 0 Å². The van der Waals surface area contributed by atoms with Crippen LogP contribution in [0.2, 0.25) is 0 Å². The van der Waals surface area contributed by atoms with Crippen molar-refractivity contribution in [1.29, 1.82) is 0 Å². The van der Waals surface area contributed by atoms with E-state index < -0.39 is 0 Å². The lowest BCUT2D eigenvalue weighted by Crippen LogP contribution is -1.83. The molecule has 0 spiro atoms. The van der Waals surface area contributed by atoms with Crippen LogP contribution in [-0.4, -0.2) is 0 Å². The van der Waals surface area contributed by atoms with Gasteiger partial charge < -0.3 is 0 Å². The summed E-state index contributed by atoms with van der Waals surface area (Å²) in [6.45, 7) is 3.93. The molecular weight excluding hydrogens is 248 g/mol. The second-order valence-electron chi connectivity index (χ2n) is 3.32. The van der Waals surface area contributed by atoms with Crippen LogP contribution in [0.15, 0.2) is 61.2 Å². The fourth-order valence-electron chi connectivity index (χ4n) is 1.59. The summed E-state index contributed by atoms with van der Waals surface area (Å²) in [5, 5.41) is 0. The summed E-state index contributed by atoms with van der Waals surface area (Å²) in [4.78, 5) is 0. The van der Waals surface area contributed by atoms with Crippen LogP contribution < -0.4 is 0 Å². The number of hydrogen-bond acceptors (Lipinski definition) is 0. The smallest absolute Gasteiger partial charge is 0.0182 e. The first-order chi connectivity index (χ1) is 7.29. The summed E-state index contributed by atoms with van der Waals surface area (Å²) in [5.74, 6) is 0. The van der Waals surface area contributed by atoms with Gasteiger partial charge in [-0.15, -0.1) is 0 Å². The van der Waals surface area contributed by atoms with Crippen LogP contribution in [0, 0.1) is 0 Å². The van der Waals surface area contributed by atoms with Crippen molar-refractivity contribution in [1.82, 2.24) is 0 Å². The first-order valence-electron chi connectivity index (χ1n) is 4.78. The normalized spacial score (nSPS) is 9.93. The molecule has 0 aliphatic rings. The zero-order valence-electron chi connectivity index (χ0n) is 8.28. The molecule has 0 aliphatic carbocycles. The fraction of sp³-hybridized carbons (Fsp3) is 0. The molecular formula is C14H11Br. The van der Waals surface area contributed by atoms with E-state index in [9.17, 15) is 0 Å². The predicted molar refractivity (Wildman–Crippen MR) is 69.8 cm³/mol. The van der Waals surface area contributed by atoms with E-state index in [1.165, 1.54) is 11.1 Å². The molecule has 2 rings (SSSR count). The Bertz CT molecular complexity index is 472. The molecule has 0 saturated carbocycles. The number of halogens is 1. The van der Waals surface area contributed by atoms with Crippen molar-refractivity contribution in [2.75, 3.05) is 0 Å². The lowest BCUT2D eigenvalue weighted by molar-refractivity contribution is 1.59. The van der Waals surface area contributed by atoms with E-state index >= 15 is 0 Å². The maximum atomic E-state index is 3.93. The van der Waals surface area contributed by atoms with Crippen LogP contribution in [0.1, 0.15) is 5.56 Å². The van der Waals surface area contributed by atoms with Gasteiger partial charge >= 0.3 is 0 Å². The fourth-order valence-corrected chi connectivity index (χ4v) is 1.93. The van der Waals surface area contributed by atoms with Gasteiger partial charge in [0.05, 0.1) is 0 Å². The lowest BCUT2D eigenvalue weighted by Gasteiger charge is -2.07. The molecule has 1 heteroatoms. The molecule has 15 heavy (non-hydrogen) atoms. The molecule has 74 valence electrons. The molecule has 2 aromatic rings. The van der Waals surface area contributed by atoms with Crippen molar-refractivity contribution in [2.24, 2.45) is 0 Å². The first kappa shape index (κ1) is 10.2. The average Bonchev–Trinajstić information content (AvgIpc) is 2.30. The third-order valence-electron chi connectivity index (χ3n) is 2.30. The summed E-state index contributed by atoms with van der Waals surface area (Å²) < 4.78 is 0.918. The molecule has 0 nitrogen and oxygen atoms in total. The minimum absolute atomic E-state index is 0.918. The van der Waals surface area contributed by atoms with Crippen molar-refractivity contribution in [3.63, 3.8) is 0 Å². The number of hydrogen-bond donors (Lipinski definition) is 0. The van der Waals surface area contributed by atoms with Gasteiger partial charge in [0.1, 0.15) is 0 Å². The summed E-state index contributed by atoms with van der Waals surface area (Å²) in [6, 6.07) is 18.6. The van der Waals surface area contributed by atoms with Gasteiger partial charge in [-0.1, -0.05) is 77.1 Å². The second-order valence-corrected chi connectivity index (χ2v) is 4.27. The Hall–Kier alpha value is -1.34. The summed E-state index contributed by atoms with van der Waals surface area (Å²) >= 11 is 3.44. The molecule has 0 N–H and O–H groups in total. The molecule has 0 heterocycles. The molecule has 2 aromatic carbocycles. The van der Waals surface area contributed by atoms with Gasteiger partial charge in [-0.3, -0.25) is 0 Å². The highest BCUT2D eigenvalue weighted by Crippen LogP contribution is 2.30. The van der Waals surface area contributed by atoms with Crippen LogP contribution in [0.4, 0.5) is 0 Å². The van der Waals surface area contributed by atoms with Crippen molar-refractivity contribution < 1.29 is 0 Å². The zero-order valence-corrected chi connectivity index (χ0v) is 9.87. The third kappa shape index (κ3) is 2.18. The van der Waals surface area contributed by atoms with E-state index in [4.69, 9.17) is 0 Å². The van der Waals surface area contributed by atoms with Gasteiger partial charge in [-0.2, -0.15) is 0 Å². The van der Waals surface area contributed by atoms with E-state index in [0.717, 1.165) is 10.0 Å². The summed E-state index contributed by atoms with van der Waals surface area (Å²) in [5.41, 5.74) is 3.57. The number of rotatable bonds is 2. The Morgan fingerprint density at radius 2 is 1.47 bits per heavy atom. The Morgan fingerprint density at radius 3 is 2.13 bits per heavy atom. The molecule has 0 aromatic heterocycles. The highest BCUT2D eigenvalue weighted by molar-refractivity contribution is 9.15. The van der Waals surface area contributed by atoms with Crippen LogP contribution in [0.25, 0.3) is 15.6 Å². The summed E-state index contributed by atoms with van der Waals surface area (Å²) in [6.07, 6.45) is 0. The molecule has 0 saturated heterocycles. The largest absolute Gasteiger partial charge is 0.0841 e. The molecule has 0 unspecified atom stereocenters. The second kappa shape index (κ2) is 4.45. The van der Waals surface area contributed by atoms with E-state index in [0.29, 0.717) is 0 Å². The van der Waals surface area contributed by atoms with Gasteiger partial charge in [-0.25, -0.2) is 0 Å². The van der Waals surface area contributed by atoms with E-state index in [1.807, 2.05) is 30.3 Å². The highest BCUT2D eigenvalue weighted by Gasteiger charge is 2.04. The Kier molecular flexibility index (Phi) is 3.02. The Balaban J connectivity index is 2.58. The standard InChI is InChI=1S/C14H11Br/c1-11(15)13-9-5-6-10-14(13)12-7-3-2-4-8-12/h2-10H,1H2. The van der Waals surface area contributed by atoms with E-state index in [2.05, 4.69) is 46.8 Å². The molecule has 0 bridgehead atoms. The maximum absolute atomic E-state index is 3.93. The average molecular weight is 259 g/mol. The molecule has 0 atom stereocenters. The third-order valence-corrected chi connectivity index (χ3v) is 2.73. The lowest BCUT2D eigenvalue weighted by atomic mass is 10.00. The van der Waals surface area contributed by atoms with Crippen LogP contribution >= 0.6 is 15.9 Å². The van der Waals surface area contributed by atoms with Crippen molar-refractivity contribution in [3.8, 4) is 11.1 Å². The Labute approximate surface area is 98.4 Å². The topological polar surface area (TPSA) is 0 Å². The maximum Gasteiger partial charge on any atom is 0.0182 e. The monoisotopic (exact) mass is 258 g/mol. The van der Waals surface area contributed by atoms with Gasteiger partial charge in [0.15, 0.2) is 0 Å². The molecule has 0 amide bonds. The van der Waals surface area contributed by atoms with Crippen LogP contribution in [-0.2, 0) is 0 Å². The molecule has 0 fully saturated rings. The van der Waals surface area contributed by atoms with Crippen LogP contribution in [0.3, 0.4) is 0 Å². The van der Waals surface area contributed by atoms with Gasteiger partial charge in [0.25, 0.3) is 0 Å². The van der Waals surface area contributed by atoms with Gasteiger partial charge in [-0.05, 0) is 16.7 Å². The minimum Gasteiger partial charge on any atom is -0.0841 e. The van der Waals surface area contributed by atoms with Gasteiger partial charge in [0.2, 0.25) is 0 Å². The molecule has 0 radical (unpaired) electrons. The molecule has 0 aliphatic heterocycles. The van der Waals surface area contributed by atoms with Crippen molar-refractivity contribution in [3.05, 3.63) is 66.7 Å². The van der Waals surface area contributed by atoms with E-state index in [-0.39, 0.29) is 0 Å². The Morgan fingerprint density at radius 1 is 0.867 bits per heavy atom. The van der Waals surface area contributed by atoms with Gasteiger partial charge in [0, 0.05) is 4.48 Å². The number of benzene rings is 2. The summed E-state index contributed by atoms with van der Waals surface area (Å²) in [7, 11) is 0. The predicted octanol–water partition coefficient (Wildman–Crippen LogP) is 4.72. The zero-order chi connectivity index (χ0) is 10.7. The first-order valence-corrected chi connectivity index (χ1v) is 5.57.